The van der Waals surface area contributed by atoms with Crippen molar-refractivity contribution in [3.05, 3.63) is 29.8 Å². The minimum atomic E-state index is -0.454. The SMILES string of the molecule is CN1CCN(c2cccc(CC3(N)CC3)c2)C(=O)C1=O. The van der Waals surface area contributed by atoms with Gasteiger partial charge in [-0.15, -0.1) is 0 Å². The molecule has 1 heterocycles. The number of likely N-dealkylation sites (N-methyl/N-ethyl adjacent to an activating group) is 1. The van der Waals surface area contributed by atoms with Crippen LogP contribution in [-0.2, 0) is 16.0 Å². The Kier molecular flexibility index (Phi) is 3.01. The molecule has 1 aliphatic carbocycles. The molecule has 5 heteroatoms. The first kappa shape index (κ1) is 13.1. The van der Waals surface area contributed by atoms with E-state index < -0.39 is 11.8 Å². The van der Waals surface area contributed by atoms with E-state index in [0.717, 1.165) is 30.5 Å². The molecule has 106 valence electrons. The van der Waals surface area contributed by atoms with Crippen LogP contribution in [0.2, 0.25) is 0 Å². The van der Waals surface area contributed by atoms with Crippen molar-refractivity contribution < 1.29 is 9.59 Å². The van der Waals surface area contributed by atoms with Crippen LogP contribution in [0.15, 0.2) is 24.3 Å². The molecule has 2 fully saturated rings. The number of nitrogens with two attached hydrogens (primary N) is 1. The van der Waals surface area contributed by atoms with Gasteiger partial charge in [-0.05, 0) is 37.0 Å². The highest BCUT2D eigenvalue weighted by Crippen LogP contribution is 2.36. The lowest BCUT2D eigenvalue weighted by Crippen LogP contribution is -2.53. The Balaban J connectivity index is 1.81. The van der Waals surface area contributed by atoms with Crippen LogP contribution < -0.4 is 10.6 Å². The van der Waals surface area contributed by atoms with Crippen LogP contribution in [0, 0.1) is 0 Å². The molecule has 2 aliphatic rings. The van der Waals surface area contributed by atoms with E-state index in [-0.39, 0.29) is 5.54 Å². The van der Waals surface area contributed by atoms with Crippen molar-refractivity contribution in [3.8, 4) is 0 Å². The van der Waals surface area contributed by atoms with Gasteiger partial charge in [0, 0.05) is 31.4 Å². The van der Waals surface area contributed by atoms with Crippen LogP contribution in [0.5, 0.6) is 0 Å². The number of benzene rings is 1. The molecule has 0 unspecified atom stereocenters. The molecule has 3 rings (SSSR count). The number of piperazine rings is 1. The summed E-state index contributed by atoms with van der Waals surface area (Å²) in [5, 5.41) is 0. The smallest absolute Gasteiger partial charge is 0.316 e. The molecule has 0 aromatic heterocycles. The van der Waals surface area contributed by atoms with Gasteiger partial charge in [0.15, 0.2) is 0 Å². The van der Waals surface area contributed by atoms with Gasteiger partial charge < -0.3 is 15.5 Å². The Hall–Kier alpha value is -1.88. The van der Waals surface area contributed by atoms with E-state index in [4.69, 9.17) is 5.73 Å². The molecule has 5 nitrogen and oxygen atoms in total. The summed E-state index contributed by atoms with van der Waals surface area (Å²) in [7, 11) is 1.65. The quantitative estimate of drug-likeness (QED) is 0.817. The van der Waals surface area contributed by atoms with Gasteiger partial charge >= 0.3 is 11.8 Å². The minimum absolute atomic E-state index is 0.0550. The lowest BCUT2D eigenvalue weighted by molar-refractivity contribution is -0.145. The van der Waals surface area contributed by atoms with Crippen LogP contribution >= 0.6 is 0 Å². The van der Waals surface area contributed by atoms with E-state index in [9.17, 15) is 9.59 Å². The van der Waals surface area contributed by atoms with E-state index in [0.29, 0.717) is 13.1 Å². The lowest BCUT2D eigenvalue weighted by atomic mass is 10.0. The predicted octanol–water partition coefficient (Wildman–Crippen LogP) is 0.525. The molecule has 0 spiro atoms. The molecule has 1 saturated heterocycles. The molecule has 2 amide bonds. The Morgan fingerprint density at radius 1 is 1.20 bits per heavy atom. The van der Waals surface area contributed by atoms with Gasteiger partial charge in [0.1, 0.15) is 0 Å². The summed E-state index contributed by atoms with van der Waals surface area (Å²) in [6.07, 6.45) is 2.95. The first-order chi connectivity index (χ1) is 9.48. The third-order valence-electron chi connectivity index (χ3n) is 4.10. The van der Waals surface area contributed by atoms with Crippen molar-refractivity contribution in [2.24, 2.45) is 5.73 Å². The monoisotopic (exact) mass is 273 g/mol. The van der Waals surface area contributed by atoms with E-state index in [2.05, 4.69) is 0 Å². The standard InChI is InChI=1S/C15H19N3O2/c1-17-7-8-18(14(20)13(17)19)12-4-2-3-11(9-12)10-15(16)5-6-15/h2-4,9H,5-8,10,16H2,1H3. The third kappa shape index (κ3) is 2.41. The number of hydrogen-bond donors (Lipinski definition) is 1. The topological polar surface area (TPSA) is 66.6 Å². The van der Waals surface area contributed by atoms with Crippen molar-refractivity contribution in [3.63, 3.8) is 0 Å². The molecule has 0 atom stereocenters. The lowest BCUT2D eigenvalue weighted by Gasteiger charge is -2.31. The molecule has 0 radical (unpaired) electrons. The second-order valence-electron chi connectivity index (χ2n) is 5.89. The van der Waals surface area contributed by atoms with Crippen molar-refractivity contribution in [2.75, 3.05) is 25.0 Å². The first-order valence-corrected chi connectivity index (χ1v) is 6.93. The summed E-state index contributed by atoms with van der Waals surface area (Å²) in [5.74, 6) is -0.899. The number of nitrogens with zero attached hydrogens (tertiary/aromatic N) is 2. The Labute approximate surface area is 118 Å². The number of rotatable bonds is 3. The first-order valence-electron chi connectivity index (χ1n) is 6.93. The number of anilines is 1. The molecular weight excluding hydrogens is 254 g/mol. The summed E-state index contributed by atoms with van der Waals surface area (Å²) in [6, 6.07) is 7.80. The fraction of sp³-hybridized carbons (Fsp3) is 0.467. The molecule has 2 N–H and O–H groups in total. The molecule has 1 aromatic carbocycles. The summed E-state index contributed by atoms with van der Waals surface area (Å²) >= 11 is 0. The molecule has 0 bridgehead atoms. The zero-order chi connectivity index (χ0) is 14.3. The zero-order valence-electron chi connectivity index (χ0n) is 11.6. The van der Waals surface area contributed by atoms with Crippen molar-refractivity contribution in [1.29, 1.82) is 0 Å². The summed E-state index contributed by atoms with van der Waals surface area (Å²) in [4.78, 5) is 26.8. The van der Waals surface area contributed by atoms with Gasteiger partial charge in [0.2, 0.25) is 0 Å². The van der Waals surface area contributed by atoms with Gasteiger partial charge in [0.05, 0.1) is 0 Å². The van der Waals surface area contributed by atoms with Crippen LogP contribution in [0.3, 0.4) is 0 Å². The Morgan fingerprint density at radius 3 is 2.65 bits per heavy atom. The summed E-state index contributed by atoms with van der Waals surface area (Å²) in [6.45, 7) is 1.11. The van der Waals surface area contributed by atoms with E-state index in [1.807, 2.05) is 24.3 Å². The average molecular weight is 273 g/mol. The minimum Gasteiger partial charge on any atom is -0.336 e. The second kappa shape index (κ2) is 4.59. The largest absolute Gasteiger partial charge is 0.336 e. The molecule has 1 aliphatic heterocycles. The van der Waals surface area contributed by atoms with Crippen LogP contribution in [0.1, 0.15) is 18.4 Å². The van der Waals surface area contributed by atoms with Gasteiger partial charge in [-0.1, -0.05) is 12.1 Å². The van der Waals surface area contributed by atoms with Crippen molar-refractivity contribution in [1.82, 2.24) is 4.90 Å². The van der Waals surface area contributed by atoms with Gasteiger partial charge in [-0.25, -0.2) is 0 Å². The zero-order valence-corrected chi connectivity index (χ0v) is 11.6. The Bertz CT molecular complexity index is 566. The molecule has 20 heavy (non-hydrogen) atoms. The van der Waals surface area contributed by atoms with Crippen LogP contribution in [0.4, 0.5) is 5.69 Å². The number of carbonyl (C=O) groups is 2. The average Bonchev–Trinajstić information content (AvgIpc) is 3.14. The molecular formula is C15H19N3O2. The Morgan fingerprint density at radius 2 is 1.95 bits per heavy atom. The highest BCUT2D eigenvalue weighted by molar-refractivity contribution is 6.40. The maximum absolute atomic E-state index is 12.1. The summed E-state index contributed by atoms with van der Waals surface area (Å²) < 4.78 is 0. The van der Waals surface area contributed by atoms with E-state index in [1.165, 1.54) is 4.90 Å². The second-order valence-corrected chi connectivity index (χ2v) is 5.89. The number of amides is 2. The van der Waals surface area contributed by atoms with Crippen molar-refractivity contribution >= 4 is 17.5 Å². The number of carbonyl (C=O) groups excluding carboxylic acids is 2. The maximum Gasteiger partial charge on any atom is 0.316 e. The highest BCUT2D eigenvalue weighted by atomic mass is 16.2. The predicted molar refractivity (Wildman–Crippen MR) is 76.3 cm³/mol. The van der Waals surface area contributed by atoms with E-state index in [1.54, 1.807) is 11.9 Å². The fourth-order valence-corrected chi connectivity index (χ4v) is 2.56. The number of hydrogen-bond acceptors (Lipinski definition) is 3. The highest BCUT2D eigenvalue weighted by Gasteiger charge is 2.38. The molecule has 1 saturated carbocycles. The summed E-state index contributed by atoms with van der Waals surface area (Å²) in [5.41, 5.74) is 7.99. The van der Waals surface area contributed by atoms with Gasteiger partial charge in [0.25, 0.3) is 0 Å². The van der Waals surface area contributed by atoms with Crippen molar-refractivity contribution in [2.45, 2.75) is 24.8 Å². The fourth-order valence-electron chi connectivity index (χ4n) is 2.56. The third-order valence-corrected chi connectivity index (χ3v) is 4.10. The van der Waals surface area contributed by atoms with Gasteiger partial charge in [-0.3, -0.25) is 9.59 Å². The molecule has 1 aromatic rings. The normalized spacial score (nSPS) is 21.3. The van der Waals surface area contributed by atoms with E-state index >= 15 is 0 Å². The van der Waals surface area contributed by atoms with Gasteiger partial charge in [-0.2, -0.15) is 0 Å². The maximum atomic E-state index is 12.1. The van der Waals surface area contributed by atoms with Crippen LogP contribution in [-0.4, -0.2) is 42.4 Å². The van der Waals surface area contributed by atoms with Crippen LogP contribution in [0.25, 0.3) is 0 Å².